The molecule has 1 aromatic carbocycles. The van der Waals surface area contributed by atoms with Gasteiger partial charge in [-0.2, -0.15) is 0 Å². The summed E-state index contributed by atoms with van der Waals surface area (Å²) in [5.74, 6) is -1.08. The van der Waals surface area contributed by atoms with Crippen LogP contribution in [0, 0.1) is 5.41 Å². The van der Waals surface area contributed by atoms with E-state index in [0.29, 0.717) is 50.2 Å². The van der Waals surface area contributed by atoms with Gasteiger partial charge in [-0.15, -0.1) is 0 Å². The first-order valence-electron chi connectivity index (χ1n) is 11.9. The molecule has 2 aliphatic heterocycles. The van der Waals surface area contributed by atoms with E-state index in [2.05, 4.69) is 17.2 Å². The van der Waals surface area contributed by atoms with Gasteiger partial charge in [-0.25, -0.2) is 0 Å². The average Bonchev–Trinajstić information content (AvgIpc) is 3.04. The second-order valence-electron chi connectivity index (χ2n) is 10.7. The number of hydrogen-bond acceptors (Lipinski definition) is 5. The molecule has 1 saturated heterocycles. The lowest BCUT2D eigenvalue weighted by molar-refractivity contribution is -0.139. The van der Waals surface area contributed by atoms with Crippen molar-refractivity contribution in [2.24, 2.45) is 5.41 Å². The SMILES string of the molecule is C=C1CCC(N2Cc3c(NCCC(C)(C)OCCC(C)(C)CC(=O)O)cccc3C2=O)C(=O)N1. The molecule has 0 saturated carbocycles. The number of rotatable bonds is 11. The number of hydrogen-bond donors (Lipinski definition) is 3. The lowest BCUT2D eigenvalue weighted by Gasteiger charge is -2.31. The number of anilines is 1. The number of carbonyl (C=O) groups is 3. The molecule has 0 aromatic heterocycles. The molecule has 0 radical (unpaired) electrons. The van der Waals surface area contributed by atoms with Gasteiger partial charge in [0.1, 0.15) is 6.04 Å². The number of piperidine rings is 1. The molecular formula is C26H37N3O5. The minimum Gasteiger partial charge on any atom is -0.481 e. The summed E-state index contributed by atoms with van der Waals surface area (Å²) in [5, 5.41) is 15.2. The number of aliphatic carboxylic acids is 1. The van der Waals surface area contributed by atoms with Crippen LogP contribution in [0.2, 0.25) is 0 Å². The van der Waals surface area contributed by atoms with Crippen LogP contribution in [0.5, 0.6) is 0 Å². The predicted molar refractivity (Wildman–Crippen MR) is 130 cm³/mol. The maximum absolute atomic E-state index is 13.0. The molecule has 34 heavy (non-hydrogen) atoms. The van der Waals surface area contributed by atoms with Crippen LogP contribution in [0.25, 0.3) is 0 Å². The molecule has 3 rings (SSSR count). The van der Waals surface area contributed by atoms with Crippen molar-refractivity contribution >= 4 is 23.5 Å². The highest BCUT2D eigenvalue weighted by atomic mass is 16.5. The Labute approximate surface area is 201 Å². The minimum absolute atomic E-state index is 0.112. The number of nitrogens with zero attached hydrogens (tertiary/aromatic N) is 1. The van der Waals surface area contributed by atoms with Gasteiger partial charge in [0.15, 0.2) is 0 Å². The molecule has 3 N–H and O–H groups in total. The van der Waals surface area contributed by atoms with Gasteiger partial charge in [0.2, 0.25) is 5.91 Å². The molecule has 2 heterocycles. The van der Waals surface area contributed by atoms with Crippen molar-refractivity contribution in [1.29, 1.82) is 0 Å². The number of ether oxygens (including phenoxy) is 1. The first-order valence-corrected chi connectivity index (χ1v) is 11.9. The van der Waals surface area contributed by atoms with Crippen LogP contribution < -0.4 is 10.6 Å². The molecule has 8 nitrogen and oxygen atoms in total. The Morgan fingerprint density at radius 1 is 1.26 bits per heavy atom. The van der Waals surface area contributed by atoms with Gasteiger partial charge in [0.25, 0.3) is 5.91 Å². The predicted octanol–water partition coefficient (Wildman–Crippen LogP) is 3.92. The van der Waals surface area contributed by atoms with Crippen LogP contribution in [0.1, 0.15) is 75.7 Å². The van der Waals surface area contributed by atoms with Crippen LogP contribution in [-0.4, -0.2) is 52.6 Å². The summed E-state index contributed by atoms with van der Waals surface area (Å²) in [4.78, 5) is 38.1. The van der Waals surface area contributed by atoms with Gasteiger partial charge in [-0.1, -0.05) is 26.5 Å². The minimum atomic E-state index is -0.796. The maximum Gasteiger partial charge on any atom is 0.303 e. The van der Waals surface area contributed by atoms with Crippen molar-refractivity contribution in [2.45, 2.75) is 78.0 Å². The zero-order chi connectivity index (χ0) is 25.1. The van der Waals surface area contributed by atoms with E-state index in [4.69, 9.17) is 9.84 Å². The highest BCUT2D eigenvalue weighted by molar-refractivity contribution is 6.02. The number of allylic oxidation sites excluding steroid dienone is 1. The fourth-order valence-corrected chi connectivity index (χ4v) is 4.50. The topological polar surface area (TPSA) is 108 Å². The van der Waals surface area contributed by atoms with Crippen LogP contribution in [0.3, 0.4) is 0 Å². The van der Waals surface area contributed by atoms with Crippen molar-refractivity contribution in [3.63, 3.8) is 0 Å². The third kappa shape index (κ3) is 6.38. The van der Waals surface area contributed by atoms with E-state index in [1.807, 2.05) is 45.9 Å². The molecule has 2 amide bonds. The Bertz CT molecular complexity index is 969. The number of carbonyl (C=O) groups excluding carboxylic acids is 2. The number of carboxylic acid groups (broad SMARTS) is 1. The third-order valence-electron chi connectivity index (χ3n) is 6.64. The summed E-state index contributed by atoms with van der Waals surface area (Å²) in [7, 11) is 0. The standard InChI is InChI=1S/C26H37N3O5/c1-17-9-10-21(23(32)28-17)29-16-19-18(24(29)33)7-6-8-20(19)27-13-11-26(4,5)34-14-12-25(2,3)15-22(30)31/h6-8,21,27H,1,9-16H2,2-5H3,(H,28,32)(H,30,31). The molecule has 1 unspecified atom stereocenters. The molecule has 1 fully saturated rings. The quantitative estimate of drug-likeness (QED) is 0.451. The van der Waals surface area contributed by atoms with Gasteiger partial charge < -0.3 is 25.4 Å². The molecule has 0 aliphatic carbocycles. The van der Waals surface area contributed by atoms with Gasteiger partial charge >= 0.3 is 5.97 Å². The van der Waals surface area contributed by atoms with Crippen LogP contribution >= 0.6 is 0 Å². The molecule has 0 bridgehead atoms. The molecule has 1 atom stereocenters. The van der Waals surface area contributed by atoms with Crippen molar-refractivity contribution in [1.82, 2.24) is 10.2 Å². The Kier molecular flexibility index (Phi) is 7.70. The maximum atomic E-state index is 13.0. The summed E-state index contributed by atoms with van der Waals surface area (Å²) in [6.07, 6.45) is 2.78. The third-order valence-corrected chi connectivity index (χ3v) is 6.64. The number of nitrogens with one attached hydrogen (secondary N) is 2. The number of fused-ring (bicyclic) bond motifs is 1. The van der Waals surface area contributed by atoms with Gasteiger partial charge in [0, 0.05) is 42.2 Å². The van der Waals surface area contributed by atoms with Crippen molar-refractivity contribution in [3.05, 3.63) is 41.6 Å². The van der Waals surface area contributed by atoms with E-state index in [1.54, 1.807) is 4.90 Å². The number of amides is 2. The van der Waals surface area contributed by atoms with E-state index in [-0.39, 0.29) is 29.3 Å². The molecule has 1 aromatic rings. The van der Waals surface area contributed by atoms with E-state index in [9.17, 15) is 14.4 Å². The Hall–Kier alpha value is -2.87. The fraction of sp³-hybridized carbons (Fsp3) is 0.577. The number of benzene rings is 1. The Morgan fingerprint density at radius 3 is 2.68 bits per heavy atom. The zero-order valence-corrected chi connectivity index (χ0v) is 20.7. The summed E-state index contributed by atoms with van der Waals surface area (Å²) in [5.41, 5.74) is 2.45. The largest absolute Gasteiger partial charge is 0.481 e. The molecular weight excluding hydrogens is 434 g/mol. The van der Waals surface area contributed by atoms with Gasteiger partial charge in [-0.3, -0.25) is 14.4 Å². The van der Waals surface area contributed by atoms with E-state index < -0.39 is 12.0 Å². The first kappa shape index (κ1) is 25.7. The summed E-state index contributed by atoms with van der Waals surface area (Å²) >= 11 is 0. The van der Waals surface area contributed by atoms with E-state index in [1.165, 1.54) is 0 Å². The van der Waals surface area contributed by atoms with Gasteiger partial charge in [0.05, 0.1) is 12.0 Å². The van der Waals surface area contributed by atoms with Crippen LogP contribution in [0.4, 0.5) is 5.69 Å². The van der Waals surface area contributed by atoms with Crippen molar-refractivity contribution in [2.75, 3.05) is 18.5 Å². The molecule has 0 spiro atoms. The summed E-state index contributed by atoms with van der Waals surface area (Å²) in [6, 6.07) is 5.16. The van der Waals surface area contributed by atoms with Crippen molar-refractivity contribution < 1.29 is 24.2 Å². The Morgan fingerprint density at radius 2 is 2.00 bits per heavy atom. The lowest BCUT2D eigenvalue weighted by atomic mass is 9.86. The van der Waals surface area contributed by atoms with E-state index in [0.717, 1.165) is 17.7 Å². The zero-order valence-electron chi connectivity index (χ0n) is 20.7. The first-order chi connectivity index (χ1) is 15.9. The smallest absolute Gasteiger partial charge is 0.303 e. The fourth-order valence-electron chi connectivity index (χ4n) is 4.50. The monoisotopic (exact) mass is 471 g/mol. The normalized spacial score (nSPS) is 18.6. The highest BCUT2D eigenvalue weighted by Gasteiger charge is 2.39. The molecule has 8 heteroatoms. The summed E-state index contributed by atoms with van der Waals surface area (Å²) < 4.78 is 6.06. The lowest BCUT2D eigenvalue weighted by Crippen LogP contribution is -2.49. The highest BCUT2D eigenvalue weighted by Crippen LogP contribution is 2.33. The average molecular weight is 472 g/mol. The van der Waals surface area contributed by atoms with Crippen LogP contribution in [-0.2, 0) is 20.9 Å². The van der Waals surface area contributed by atoms with Crippen molar-refractivity contribution in [3.8, 4) is 0 Å². The molecule has 186 valence electrons. The Balaban J connectivity index is 1.54. The summed E-state index contributed by atoms with van der Waals surface area (Å²) in [6.45, 7) is 13.3. The second-order valence-corrected chi connectivity index (χ2v) is 10.7. The van der Waals surface area contributed by atoms with E-state index >= 15 is 0 Å². The van der Waals surface area contributed by atoms with Gasteiger partial charge in [-0.05, 0) is 57.1 Å². The van der Waals surface area contributed by atoms with Crippen LogP contribution in [0.15, 0.2) is 30.5 Å². The second kappa shape index (κ2) is 10.2. The molecule has 2 aliphatic rings. The number of carboxylic acids is 1.